The lowest BCUT2D eigenvalue weighted by atomic mass is 10.2. The van der Waals surface area contributed by atoms with Crippen LogP contribution in [0, 0.1) is 11.3 Å². The first-order valence-electron chi connectivity index (χ1n) is 7.63. The molecule has 0 saturated carbocycles. The number of aromatic nitrogens is 1. The van der Waals surface area contributed by atoms with Crippen LogP contribution in [0.5, 0.6) is 5.75 Å². The number of ether oxygens (including phenoxy) is 1. The standard InChI is InChI=1S/C19H17N3OS/c1-14(12-20)23-18-7-5-15(6-8-18)13-22-17-4-2-3-16(11-17)19-21-9-10-24-19/h2-11,14,22H,13H2,1H3/t14-/m0/s1. The minimum atomic E-state index is -0.442. The second-order valence-corrected chi connectivity index (χ2v) is 6.20. The lowest BCUT2D eigenvalue weighted by Crippen LogP contribution is -2.08. The number of hydrogen-bond acceptors (Lipinski definition) is 5. The maximum absolute atomic E-state index is 8.76. The van der Waals surface area contributed by atoms with Gasteiger partial charge >= 0.3 is 0 Å². The molecule has 0 aliphatic carbocycles. The van der Waals surface area contributed by atoms with Crippen molar-refractivity contribution in [3.05, 3.63) is 65.7 Å². The third-order valence-corrected chi connectivity index (χ3v) is 4.28. The average Bonchev–Trinajstić information content (AvgIpc) is 3.16. The van der Waals surface area contributed by atoms with Crippen LogP contribution in [0.25, 0.3) is 10.6 Å². The lowest BCUT2D eigenvalue weighted by molar-refractivity contribution is 0.276. The van der Waals surface area contributed by atoms with E-state index >= 15 is 0 Å². The summed E-state index contributed by atoms with van der Waals surface area (Å²) in [5, 5.41) is 15.2. The van der Waals surface area contributed by atoms with Gasteiger partial charge in [-0.15, -0.1) is 11.3 Å². The van der Waals surface area contributed by atoms with Crippen molar-refractivity contribution < 1.29 is 4.74 Å². The van der Waals surface area contributed by atoms with Gasteiger partial charge in [-0.25, -0.2) is 4.98 Å². The van der Waals surface area contributed by atoms with E-state index in [-0.39, 0.29) is 0 Å². The van der Waals surface area contributed by atoms with Crippen molar-refractivity contribution in [3.63, 3.8) is 0 Å². The highest BCUT2D eigenvalue weighted by molar-refractivity contribution is 7.13. The second-order valence-electron chi connectivity index (χ2n) is 5.30. The number of hydrogen-bond donors (Lipinski definition) is 1. The molecule has 5 heteroatoms. The molecule has 24 heavy (non-hydrogen) atoms. The van der Waals surface area contributed by atoms with Gasteiger partial charge in [-0.2, -0.15) is 5.26 Å². The number of thiazole rings is 1. The van der Waals surface area contributed by atoms with Crippen molar-refractivity contribution in [3.8, 4) is 22.4 Å². The van der Waals surface area contributed by atoms with Crippen LogP contribution in [0.2, 0.25) is 0 Å². The Bertz CT molecular complexity index is 823. The highest BCUT2D eigenvalue weighted by Gasteiger charge is 2.03. The fourth-order valence-corrected chi connectivity index (χ4v) is 2.88. The van der Waals surface area contributed by atoms with Crippen molar-refractivity contribution in [1.29, 1.82) is 5.26 Å². The third kappa shape index (κ3) is 4.12. The lowest BCUT2D eigenvalue weighted by Gasteiger charge is -2.10. The van der Waals surface area contributed by atoms with Crippen molar-refractivity contribution in [2.75, 3.05) is 5.32 Å². The Morgan fingerprint density at radius 1 is 1.25 bits per heavy atom. The minimum Gasteiger partial charge on any atom is -0.476 e. The zero-order valence-corrected chi connectivity index (χ0v) is 14.1. The van der Waals surface area contributed by atoms with E-state index in [4.69, 9.17) is 10.00 Å². The van der Waals surface area contributed by atoms with E-state index in [1.807, 2.05) is 48.0 Å². The molecule has 0 aliphatic rings. The van der Waals surface area contributed by atoms with Crippen LogP contribution in [0.15, 0.2) is 60.1 Å². The summed E-state index contributed by atoms with van der Waals surface area (Å²) >= 11 is 1.63. The normalized spacial score (nSPS) is 11.5. The Kier molecular flexibility index (Phi) is 5.09. The molecule has 1 atom stereocenters. The Labute approximate surface area is 145 Å². The van der Waals surface area contributed by atoms with Gasteiger partial charge in [0.15, 0.2) is 6.10 Å². The fourth-order valence-electron chi connectivity index (χ4n) is 2.25. The molecular weight excluding hydrogens is 318 g/mol. The van der Waals surface area contributed by atoms with Gasteiger partial charge in [0, 0.05) is 29.4 Å². The number of nitrogens with zero attached hydrogens (tertiary/aromatic N) is 2. The maximum Gasteiger partial charge on any atom is 0.181 e. The topological polar surface area (TPSA) is 57.9 Å². The maximum atomic E-state index is 8.76. The van der Waals surface area contributed by atoms with Crippen LogP contribution in [0.1, 0.15) is 12.5 Å². The summed E-state index contributed by atoms with van der Waals surface area (Å²) in [6, 6.07) is 18.1. The molecule has 0 amide bonds. The fraction of sp³-hybridized carbons (Fsp3) is 0.158. The Balaban J connectivity index is 1.62. The third-order valence-electron chi connectivity index (χ3n) is 3.46. The summed E-state index contributed by atoms with van der Waals surface area (Å²) in [6.45, 7) is 2.44. The number of benzene rings is 2. The predicted octanol–water partition coefficient (Wildman–Crippen LogP) is 4.71. The Hall–Kier alpha value is -2.84. The van der Waals surface area contributed by atoms with E-state index in [0.29, 0.717) is 5.75 Å². The number of nitriles is 1. The second kappa shape index (κ2) is 7.62. The summed E-state index contributed by atoms with van der Waals surface area (Å²) in [6.07, 6.45) is 1.37. The Morgan fingerprint density at radius 3 is 2.79 bits per heavy atom. The van der Waals surface area contributed by atoms with Crippen LogP contribution in [-0.4, -0.2) is 11.1 Å². The van der Waals surface area contributed by atoms with E-state index in [1.165, 1.54) is 0 Å². The zero-order chi connectivity index (χ0) is 16.8. The van der Waals surface area contributed by atoms with Crippen molar-refractivity contribution in [1.82, 2.24) is 4.98 Å². The molecule has 2 aromatic carbocycles. The molecule has 1 aromatic heterocycles. The van der Waals surface area contributed by atoms with Crippen LogP contribution in [0.4, 0.5) is 5.69 Å². The number of nitrogens with one attached hydrogen (secondary N) is 1. The van der Waals surface area contributed by atoms with E-state index in [2.05, 4.69) is 28.5 Å². The summed E-state index contributed by atoms with van der Waals surface area (Å²) in [4.78, 5) is 4.34. The van der Waals surface area contributed by atoms with Crippen molar-refractivity contribution >= 4 is 17.0 Å². The van der Waals surface area contributed by atoms with Crippen molar-refractivity contribution in [2.24, 2.45) is 0 Å². The van der Waals surface area contributed by atoms with E-state index < -0.39 is 6.10 Å². The van der Waals surface area contributed by atoms with Gasteiger partial charge < -0.3 is 10.1 Å². The first-order valence-corrected chi connectivity index (χ1v) is 8.51. The van der Waals surface area contributed by atoms with Gasteiger partial charge in [-0.3, -0.25) is 0 Å². The smallest absolute Gasteiger partial charge is 0.181 e. The molecule has 0 saturated heterocycles. The molecule has 3 rings (SSSR count). The molecule has 1 N–H and O–H groups in total. The predicted molar refractivity (Wildman–Crippen MR) is 97.0 cm³/mol. The summed E-state index contributed by atoms with van der Waals surface area (Å²) in [7, 11) is 0. The molecule has 0 bridgehead atoms. The van der Waals surface area contributed by atoms with Crippen LogP contribution in [0.3, 0.4) is 0 Å². The molecule has 120 valence electrons. The highest BCUT2D eigenvalue weighted by Crippen LogP contribution is 2.24. The molecule has 0 radical (unpaired) electrons. The Morgan fingerprint density at radius 2 is 2.08 bits per heavy atom. The quantitative estimate of drug-likeness (QED) is 0.708. The first-order chi connectivity index (χ1) is 11.7. The molecular formula is C19H17N3OS. The van der Waals surface area contributed by atoms with Crippen molar-refractivity contribution in [2.45, 2.75) is 19.6 Å². The largest absolute Gasteiger partial charge is 0.476 e. The summed E-state index contributed by atoms with van der Waals surface area (Å²) in [5.74, 6) is 0.707. The van der Waals surface area contributed by atoms with Gasteiger partial charge in [0.2, 0.25) is 0 Å². The summed E-state index contributed by atoms with van der Waals surface area (Å²) in [5.41, 5.74) is 3.32. The summed E-state index contributed by atoms with van der Waals surface area (Å²) < 4.78 is 5.45. The van der Waals surface area contributed by atoms with Crippen LogP contribution >= 0.6 is 11.3 Å². The zero-order valence-electron chi connectivity index (χ0n) is 13.3. The number of rotatable bonds is 6. The SMILES string of the molecule is C[C@@H](C#N)Oc1ccc(CNc2cccc(-c3nccs3)c2)cc1. The molecule has 1 heterocycles. The van der Waals surface area contributed by atoms with E-state index in [1.54, 1.807) is 18.3 Å². The highest BCUT2D eigenvalue weighted by atomic mass is 32.1. The average molecular weight is 335 g/mol. The number of anilines is 1. The molecule has 0 fully saturated rings. The van der Waals surface area contributed by atoms with Gasteiger partial charge in [0.25, 0.3) is 0 Å². The van der Waals surface area contributed by atoms with E-state index in [9.17, 15) is 0 Å². The molecule has 0 unspecified atom stereocenters. The van der Waals surface area contributed by atoms with Gasteiger partial charge in [-0.1, -0.05) is 24.3 Å². The monoisotopic (exact) mass is 335 g/mol. The minimum absolute atomic E-state index is 0.442. The van der Waals surface area contributed by atoms with E-state index in [0.717, 1.165) is 28.4 Å². The van der Waals surface area contributed by atoms with Crippen LogP contribution in [-0.2, 0) is 6.54 Å². The van der Waals surface area contributed by atoms with Gasteiger partial charge in [-0.05, 0) is 36.8 Å². The molecule has 3 aromatic rings. The van der Waals surface area contributed by atoms with Gasteiger partial charge in [0.05, 0.1) is 0 Å². The molecule has 4 nitrogen and oxygen atoms in total. The first kappa shape index (κ1) is 16.0. The molecule has 0 aliphatic heterocycles. The van der Waals surface area contributed by atoms with Gasteiger partial charge in [0.1, 0.15) is 16.8 Å². The van der Waals surface area contributed by atoms with Crippen LogP contribution < -0.4 is 10.1 Å². The molecule has 0 spiro atoms.